The summed E-state index contributed by atoms with van der Waals surface area (Å²) in [6.45, 7) is 3.64. The highest BCUT2D eigenvalue weighted by Crippen LogP contribution is 2.18. The number of hydrogen-bond acceptors (Lipinski definition) is 5. The molecule has 1 amide bonds. The van der Waals surface area contributed by atoms with Crippen molar-refractivity contribution in [2.75, 3.05) is 13.2 Å². The van der Waals surface area contributed by atoms with Crippen molar-refractivity contribution in [1.29, 1.82) is 0 Å². The lowest BCUT2D eigenvalue weighted by atomic mass is 10.2. The SMILES string of the molecule is CC(O)c1cc2n(n1)CCN(C(=O)COCc1nc3ccccc3[nH]1)C2. The number of carbonyl (C=O) groups excluding carboxylic acids is 1. The Kier molecular flexibility index (Phi) is 4.44. The molecule has 0 bridgehead atoms. The average molecular weight is 355 g/mol. The van der Waals surface area contributed by atoms with Gasteiger partial charge in [0.25, 0.3) is 0 Å². The first-order chi connectivity index (χ1) is 12.6. The van der Waals surface area contributed by atoms with E-state index in [1.54, 1.807) is 11.8 Å². The molecule has 136 valence electrons. The highest BCUT2D eigenvalue weighted by atomic mass is 16.5. The van der Waals surface area contributed by atoms with Gasteiger partial charge in [0, 0.05) is 6.54 Å². The van der Waals surface area contributed by atoms with Crippen LogP contribution in [0, 0.1) is 0 Å². The van der Waals surface area contributed by atoms with E-state index in [1.807, 2.05) is 35.0 Å². The number of aliphatic hydroxyl groups excluding tert-OH is 1. The number of para-hydroxylation sites is 2. The third kappa shape index (κ3) is 3.33. The second-order valence-corrected chi connectivity index (χ2v) is 6.47. The molecule has 4 rings (SSSR count). The largest absolute Gasteiger partial charge is 0.387 e. The van der Waals surface area contributed by atoms with Gasteiger partial charge in [-0.25, -0.2) is 4.98 Å². The molecule has 0 fully saturated rings. The normalized spacial score (nSPS) is 15.2. The fraction of sp³-hybridized carbons (Fsp3) is 0.389. The Balaban J connectivity index is 1.32. The summed E-state index contributed by atoms with van der Waals surface area (Å²) in [4.78, 5) is 21.8. The minimum atomic E-state index is -0.607. The summed E-state index contributed by atoms with van der Waals surface area (Å²) in [5.74, 6) is 0.643. The average Bonchev–Trinajstić information content (AvgIpc) is 3.24. The molecular weight excluding hydrogens is 334 g/mol. The van der Waals surface area contributed by atoms with Gasteiger partial charge in [-0.1, -0.05) is 12.1 Å². The van der Waals surface area contributed by atoms with Gasteiger partial charge in [-0.15, -0.1) is 0 Å². The number of hydrogen-bond donors (Lipinski definition) is 2. The van der Waals surface area contributed by atoms with Crippen molar-refractivity contribution in [2.24, 2.45) is 0 Å². The molecule has 0 radical (unpaired) electrons. The predicted octanol–water partition coefficient (Wildman–Crippen LogP) is 1.37. The van der Waals surface area contributed by atoms with Gasteiger partial charge in [-0.2, -0.15) is 5.10 Å². The summed E-state index contributed by atoms with van der Waals surface area (Å²) in [5, 5.41) is 14.0. The van der Waals surface area contributed by atoms with Crippen LogP contribution in [0.4, 0.5) is 0 Å². The number of aromatic nitrogens is 4. The number of aliphatic hydroxyl groups is 1. The van der Waals surface area contributed by atoms with Crippen LogP contribution in [0.2, 0.25) is 0 Å². The highest BCUT2D eigenvalue weighted by Gasteiger charge is 2.23. The fourth-order valence-electron chi connectivity index (χ4n) is 3.11. The van der Waals surface area contributed by atoms with Crippen molar-refractivity contribution in [3.63, 3.8) is 0 Å². The first-order valence-corrected chi connectivity index (χ1v) is 8.64. The van der Waals surface area contributed by atoms with E-state index in [-0.39, 0.29) is 19.1 Å². The molecule has 0 saturated carbocycles. The Hall–Kier alpha value is -2.71. The van der Waals surface area contributed by atoms with E-state index in [4.69, 9.17) is 4.74 Å². The topological polar surface area (TPSA) is 96.3 Å². The van der Waals surface area contributed by atoms with E-state index in [0.717, 1.165) is 16.7 Å². The number of carbonyl (C=O) groups is 1. The smallest absolute Gasteiger partial charge is 0.249 e. The van der Waals surface area contributed by atoms with Crippen LogP contribution in [0.1, 0.15) is 30.2 Å². The number of amides is 1. The van der Waals surface area contributed by atoms with E-state index < -0.39 is 6.10 Å². The van der Waals surface area contributed by atoms with Crippen molar-refractivity contribution in [2.45, 2.75) is 32.7 Å². The van der Waals surface area contributed by atoms with Gasteiger partial charge < -0.3 is 19.7 Å². The zero-order chi connectivity index (χ0) is 18.1. The van der Waals surface area contributed by atoms with E-state index in [0.29, 0.717) is 31.2 Å². The molecule has 0 aliphatic carbocycles. The maximum atomic E-state index is 12.4. The van der Waals surface area contributed by atoms with E-state index >= 15 is 0 Å². The predicted molar refractivity (Wildman–Crippen MR) is 94.0 cm³/mol. The first kappa shape index (κ1) is 16.7. The molecule has 0 saturated heterocycles. The Morgan fingerprint density at radius 3 is 3.04 bits per heavy atom. The molecule has 1 unspecified atom stereocenters. The number of rotatable bonds is 5. The van der Waals surface area contributed by atoms with Crippen molar-refractivity contribution in [3.05, 3.63) is 47.5 Å². The number of nitrogens with one attached hydrogen (secondary N) is 1. The molecule has 8 nitrogen and oxygen atoms in total. The number of benzene rings is 1. The van der Waals surface area contributed by atoms with Crippen molar-refractivity contribution >= 4 is 16.9 Å². The number of H-pyrrole nitrogens is 1. The van der Waals surface area contributed by atoms with Crippen LogP contribution < -0.4 is 0 Å². The van der Waals surface area contributed by atoms with Crippen LogP contribution >= 0.6 is 0 Å². The van der Waals surface area contributed by atoms with E-state index in [1.165, 1.54) is 0 Å². The molecule has 0 spiro atoms. The third-order valence-electron chi connectivity index (χ3n) is 4.50. The lowest BCUT2D eigenvalue weighted by molar-refractivity contribution is -0.138. The standard InChI is InChI=1S/C18H21N5O3/c1-12(24)16-8-13-9-22(6-7-23(13)21-16)18(25)11-26-10-17-19-14-4-2-3-5-15(14)20-17/h2-5,8,12,24H,6-7,9-11H2,1H3,(H,19,20). The van der Waals surface area contributed by atoms with Crippen molar-refractivity contribution in [3.8, 4) is 0 Å². The van der Waals surface area contributed by atoms with E-state index in [2.05, 4.69) is 15.1 Å². The molecule has 3 heterocycles. The molecule has 1 aliphatic heterocycles. The summed E-state index contributed by atoms with van der Waals surface area (Å²) in [6.07, 6.45) is -0.607. The van der Waals surface area contributed by atoms with Crippen molar-refractivity contribution in [1.82, 2.24) is 24.6 Å². The molecule has 26 heavy (non-hydrogen) atoms. The number of aromatic amines is 1. The lowest BCUT2D eigenvalue weighted by Gasteiger charge is -2.27. The van der Waals surface area contributed by atoms with Gasteiger partial charge in [-0.05, 0) is 25.1 Å². The monoisotopic (exact) mass is 355 g/mol. The molecule has 2 N–H and O–H groups in total. The van der Waals surface area contributed by atoms with Gasteiger partial charge in [0.15, 0.2) is 0 Å². The summed E-state index contributed by atoms with van der Waals surface area (Å²) in [6, 6.07) is 9.60. The van der Waals surface area contributed by atoms with Gasteiger partial charge in [0.2, 0.25) is 5.91 Å². The van der Waals surface area contributed by atoms with Crippen LogP contribution in [0.15, 0.2) is 30.3 Å². The minimum Gasteiger partial charge on any atom is -0.387 e. The fourth-order valence-corrected chi connectivity index (χ4v) is 3.11. The second-order valence-electron chi connectivity index (χ2n) is 6.47. The van der Waals surface area contributed by atoms with Crippen molar-refractivity contribution < 1.29 is 14.6 Å². The Morgan fingerprint density at radius 1 is 1.38 bits per heavy atom. The summed E-state index contributed by atoms with van der Waals surface area (Å²) in [7, 11) is 0. The van der Waals surface area contributed by atoms with Crippen LogP contribution in [0.5, 0.6) is 0 Å². The zero-order valence-electron chi connectivity index (χ0n) is 14.6. The molecule has 1 aliphatic rings. The number of imidazole rings is 1. The number of nitrogens with zero attached hydrogens (tertiary/aromatic N) is 4. The molecule has 2 aromatic heterocycles. The van der Waals surface area contributed by atoms with E-state index in [9.17, 15) is 9.90 Å². The molecule has 8 heteroatoms. The van der Waals surface area contributed by atoms with Crippen LogP contribution in [0.3, 0.4) is 0 Å². The third-order valence-corrected chi connectivity index (χ3v) is 4.50. The molecule has 1 aromatic carbocycles. The van der Waals surface area contributed by atoms with Gasteiger partial charge in [-0.3, -0.25) is 9.48 Å². The number of ether oxygens (including phenoxy) is 1. The second kappa shape index (κ2) is 6.89. The Morgan fingerprint density at radius 2 is 2.23 bits per heavy atom. The Labute approximate surface area is 150 Å². The maximum Gasteiger partial charge on any atom is 0.249 e. The first-order valence-electron chi connectivity index (χ1n) is 8.64. The number of fused-ring (bicyclic) bond motifs is 2. The molecule has 1 atom stereocenters. The van der Waals surface area contributed by atoms with Gasteiger partial charge >= 0.3 is 0 Å². The maximum absolute atomic E-state index is 12.4. The summed E-state index contributed by atoms with van der Waals surface area (Å²) < 4.78 is 7.40. The zero-order valence-corrected chi connectivity index (χ0v) is 14.6. The van der Waals surface area contributed by atoms with Gasteiger partial charge in [0.05, 0.1) is 41.6 Å². The summed E-state index contributed by atoms with van der Waals surface area (Å²) in [5.41, 5.74) is 3.40. The Bertz CT molecular complexity index is 897. The lowest BCUT2D eigenvalue weighted by Crippen LogP contribution is -2.40. The quantitative estimate of drug-likeness (QED) is 0.721. The van der Waals surface area contributed by atoms with Crippen LogP contribution in [-0.2, 0) is 29.2 Å². The minimum absolute atomic E-state index is 0.00838. The highest BCUT2D eigenvalue weighted by molar-refractivity contribution is 5.77. The van der Waals surface area contributed by atoms with Crippen LogP contribution in [-0.4, -0.2) is 48.8 Å². The molecular formula is C18H21N5O3. The van der Waals surface area contributed by atoms with Crippen LogP contribution in [0.25, 0.3) is 11.0 Å². The summed E-state index contributed by atoms with van der Waals surface area (Å²) >= 11 is 0. The van der Waals surface area contributed by atoms with Gasteiger partial charge in [0.1, 0.15) is 19.0 Å². The molecule has 3 aromatic rings.